The van der Waals surface area contributed by atoms with E-state index in [0.29, 0.717) is 5.69 Å². The molecule has 0 spiro atoms. The molecule has 2 aromatic rings. The fourth-order valence-corrected chi connectivity index (χ4v) is 1.96. The molecule has 0 bridgehead atoms. The number of aromatic carboxylic acids is 1. The summed E-state index contributed by atoms with van der Waals surface area (Å²) in [7, 11) is 0. The van der Waals surface area contributed by atoms with Crippen LogP contribution in [0.2, 0.25) is 0 Å². The van der Waals surface area contributed by atoms with Crippen LogP contribution in [0.1, 0.15) is 10.4 Å². The Balaban J connectivity index is 2.53. The molecule has 21 heavy (non-hydrogen) atoms. The highest BCUT2D eigenvalue weighted by Crippen LogP contribution is 2.28. The molecule has 0 atom stereocenters. The van der Waals surface area contributed by atoms with Crippen molar-refractivity contribution < 1.29 is 24.2 Å². The monoisotopic (exact) mass is 289 g/mol. The Kier molecular flexibility index (Phi) is 4.18. The van der Waals surface area contributed by atoms with Gasteiger partial charge in [-0.05, 0) is 36.4 Å². The first kappa shape index (κ1) is 14.5. The van der Waals surface area contributed by atoms with Gasteiger partial charge in [-0.15, -0.1) is 0 Å². The van der Waals surface area contributed by atoms with Crippen LogP contribution in [0.15, 0.2) is 48.5 Å². The summed E-state index contributed by atoms with van der Waals surface area (Å²) in [4.78, 5) is 23.6. The number of carbonyl (C=O) groups is 2. The molecule has 0 aliphatic rings. The maximum absolute atomic E-state index is 13.0. The van der Waals surface area contributed by atoms with E-state index >= 15 is 0 Å². The molecule has 0 aromatic heterocycles. The highest BCUT2D eigenvalue weighted by atomic mass is 19.1. The predicted octanol–water partition coefficient (Wildman–Crippen LogP) is 2.75. The van der Waals surface area contributed by atoms with Gasteiger partial charge in [-0.1, -0.05) is 12.1 Å². The molecule has 0 saturated heterocycles. The Labute approximate surface area is 119 Å². The number of carboxylic acids is 2. The number of halogens is 1. The molecule has 0 aliphatic heterocycles. The largest absolute Gasteiger partial charge is 0.480 e. The molecule has 0 amide bonds. The van der Waals surface area contributed by atoms with Crippen LogP contribution < -0.4 is 4.90 Å². The summed E-state index contributed by atoms with van der Waals surface area (Å²) in [6.45, 7) is -0.435. The molecular weight excluding hydrogens is 277 g/mol. The normalized spacial score (nSPS) is 10.1. The maximum Gasteiger partial charge on any atom is 0.337 e. The lowest BCUT2D eigenvalue weighted by Gasteiger charge is -2.24. The van der Waals surface area contributed by atoms with Gasteiger partial charge in [0.05, 0.1) is 11.3 Å². The molecule has 6 heteroatoms. The van der Waals surface area contributed by atoms with Gasteiger partial charge in [0.2, 0.25) is 0 Å². The fraction of sp³-hybridized carbons (Fsp3) is 0.0667. The van der Waals surface area contributed by atoms with E-state index < -0.39 is 24.3 Å². The molecule has 2 aromatic carbocycles. The van der Waals surface area contributed by atoms with Crippen molar-refractivity contribution in [2.45, 2.75) is 0 Å². The van der Waals surface area contributed by atoms with Crippen LogP contribution in [-0.4, -0.2) is 28.7 Å². The van der Waals surface area contributed by atoms with Crippen LogP contribution in [0.3, 0.4) is 0 Å². The van der Waals surface area contributed by atoms with E-state index in [4.69, 9.17) is 5.11 Å². The second kappa shape index (κ2) is 6.04. The molecular formula is C15H12FNO4. The van der Waals surface area contributed by atoms with Crippen molar-refractivity contribution in [3.63, 3.8) is 0 Å². The molecule has 0 aliphatic carbocycles. The number of hydrogen-bond donors (Lipinski definition) is 2. The second-order valence-corrected chi connectivity index (χ2v) is 4.28. The van der Waals surface area contributed by atoms with Crippen molar-refractivity contribution in [3.8, 4) is 0 Å². The highest BCUT2D eigenvalue weighted by molar-refractivity contribution is 5.96. The number of anilines is 2. The van der Waals surface area contributed by atoms with Crippen LogP contribution >= 0.6 is 0 Å². The molecule has 108 valence electrons. The molecule has 0 unspecified atom stereocenters. The first-order valence-corrected chi connectivity index (χ1v) is 6.06. The standard InChI is InChI=1S/C15H12FNO4/c16-10-5-7-11(8-6-10)17(9-14(18)19)13-4-2-1-3-12(13)15(20)21/h1-8H,9H2,(H,18,19)(H,20,21). The Bertz CT molecular complexity index is 670. The van der Waals surface area contributed by atoms with E-state index in [1.807, 2.05) is 0 Å². The van der Waals surface area contributed by atoms with Crippen molar-refractivity contribution in [3.05, 3.63) is 59.9 Å². The zero-order chi connectivity index (χ0) is 15.4. The van der Waals surface area contributed by atoms with Gasteiger partial charge in [0.25, 0.3) is 0 Å². The summed E-state index contributed by atoms with van der Waals surface area (Å²) < 4.78 is 13.0. The smallest absolute Gasteiger partial charge is 0.337 e. The SMILES string of the molecule is O=C(O)CN(c1ccc(F)cc1)c1ccccc1C(=O)O. The van der Waals surface area contributed by atoms with Gasteiger partial charge >= 0.3 is 11.9 Å². The van der Waals surface area contributed by atoms with E-state index in [-0.39, 0.29) is 11.3 Å². The van der Waals surface area contributed by atoms with Gasteiger partial charge in [-0.25, -0.2) is 9.18 Å². The molecule has 0 radical (unpaired) electrons. The first-order valence-electron chi connectivity index (χ1n) is 6.06. The molecule has 2 rings (SSSR count). The molecule has 0 heterocycles. The van der Waals surface area contributed by atoms with Crippen molar-refractivity contribution >= 4 is 23.3 Å². The molecule has 0 saturated carbocycles. The van der Waals surface area contributed by atoms with E-state index in [1.165, 1.54) is 41.3 Å². The summed E-state index contributed by atoms with van der Waals surface area (Å²) in [5, 5.41) is 18.2. The van der Waals surface area contributed by atoms with Crippen LogP contribution in [-0.2, 0) is 4.79 Å². The number of rotatable bonds is 5. The van der Waals surface area contributed by atoms with E-state index in [9.17, 15) is 19.1 Å². The minimum absolute atomic E-state index is 0.0249. The maximum atomic E-state index is 13.0. The van der Waals surface area contributed by atoms with Crippen molar-refractivity contribution in [2.24, 2.45) is 0 Å². The fourth-order valence-electron chi connectivity index (χ4n) is 1.96. The van der Waals surface area contributed by atoms with Crippen LogP contribution in [0.4, 0.5) is 15.8 Å². The molecule has 5 nitrogen and oxygen atoms in total. The van der Waals surface area contributed by atoms with Gasteiger partial charge in [0, 0.05) is 5.69 Å². The average molecular weight is 289 g/mol. The topological polar surface area (TPSA) is 77.8 Å². The third-order valence-electron chi connectivity index (χ3n) is 2.86. The third-order valence-corrected chi connectivity index (χ3v) is 2.86. The number of para-hydroxylation sites is 1. The summed E-state index contributed by atoms with van der Waals surface area (Å²) >= 11 is 0. The van der Waals surface area contributed by atoms with Gasteiger partial charge < -0.3 is 15.1 Å². The Morgan fingerprint density at radius 2 is 1.62 bits per heavy atom. The van der Waals surface area contributed by atoms with Crippen molar-refractivity contribution in [1.29, 1.82) is 0 Å². The summed E-state index contributed by atoms with van der Waals surface area (Å²) in [5.41, 5.74) is 0.606. The third kappa shape index (κ3) is 3.36. The van der Waals surface area contributed by atoms with Gasteiger partial charge in [0.1, 0.15) is 12.4 Å². The van der Waals surface area contributed by atoms with Crippen LogP contribution in [0.25, 0.3) is 0 Å². The number of hydrogen-bond acceptors (Lipinski definition) is 3. The lowest BCUT2D eigenvalue weighted by molar-refractivity contribution is -0.135. The summed E-state index contributed by atoms with van der Waals surface area (Å²) in [6.07, 6.45) is 0. The van der Waals surface area contributed by atoms with Gasteiger partial charge in [-0.3, -0.25) is 4.79 Å². The van der Waals surface area contributed by atoms with Gasteiger partial charge in [0.15, 0.2) is 0 Å². The molecule has 0 fully saturated rings. The minimum atomic E-state index is -1.16. The van der Waals surface area contributed by atoms with Crippen molar-refractivity contribution in [1.82, 2.24) is 0 Å². The predicted molar refractivity (Wildman–Crippen MR) is 74.4 cm³/mol. The number of aliphatic carboxylic acids is 1. The van der Waals surface area contributed by atoms with Gasteiger partial charge in [-0.2, -0.15) is 0 Å². The number of nitrogens with zero attached hydrogens (tertiary/aromatic N) is 1. The van der Waals surface area contributed by atoms with E-state index in [1.54, 1.807) is 12.1 Å². The quantitative estimate of drug-likeness (QED) is 0.885. The zero-order valence-corrected chi connectivity index (χ0v) is 10.9. The lowest BCUT2D eigenvalue weighted by Crippen LogP contribution is -2.26. The van der Waals surface area contributed by atoms with Crippen LogP contribution in [0, 0.1) is 5.82 Å². The average Bonchev–Trinajstić information content (AvgIpc) is 2.45. The Hall–Kier alpha value is -2.89. The number of carboxylic acid groups (broad SMARTS) is 2. The minimum Gasteiger partial charge on any atom is -0.480 e. The molecule has 2 N–H and O–H groups in total. The van der Waals surface area contributed by atoms with Crippen molar-refractivity contribution in [2.75, 3.05) is 11.4 Å². The Morgan fingerprint density at radius 3 is 2.19 bits per heavy atom. The first-order chi connectivity index (χ1) is 9.99. The van der Waals surface area contributed by atoms with E-state index in [0.717, 1.165) is 0 Å². The highest BCUT2D eigenvalue weighted by Gasteiger charge is 2.19. The summed E-state index contributed by atoms with van der Waals surface area (Å²) in [6, 6.07) is 11.2. The van der Waals surface area contributed by atoms with E-state index in [2.05, 4.69) is 0 Å². The zero-order valence-electron chi connectivity index (χ0n) is 10.9. The lowest BCUT2D eigenvalue weighted by atomic mass is 10.1. The number of benzene rings is 2. The second-order valence-electron chi connectivity index (χ2n) is 4.28. The summed E-state index contributed by atoms with van der Waals surface area (Å²) in [5.74, 6) is -2.75. The Morgan fingerprint density at radius 1 is 1.00 bits per heavy atom. The van der Waals surface area contributed by atoms with Crippen LogP contribution in [0.5, 0.6) is 0 Å².